The summed E-state index contributed by atoms with van der Waals surface area (Å²) in [6.45, 7) is 0.834. The molecule has 1 heterocycles. The maximum Gasteiger partial charge on any atom is 0.286 e. The molecule has 3 rings (SSSR count). The number of benzene rings is 1. The van der Waals surface area contributed by atoms with E-state index in [1.54, 1.807) is 0 Å². The number of carbonyl (C=O) groups excluding carboxylic acids is 1. The molecule has 0 fully saturated rings. The second-order valence-corrected chi connectivity index (χ2v) is 6.28. The van der Waals surface area contributed by atoms with Crippen LogP contribution in [-0.4, -0.2) is 41.4 Å². The number of nitro groups is 1. The van der Waals surface area contributed by atoms with Crippen molar-refractivity contribution < 1.29 is 19.2 Å². The van der Waals surface area contributed by atoms with Gasteiger partial charge in [-0.2, -0.15) is 5.10 Å². The predicted octanol–water partition coefficient (Wildman–Crippen LogP) is 2.12. The van der Waals surface area contributed by atoms with E-state index in [1.807, 2.05) is 10.9 Å². The third-order valence-electron chi connectivity index (χ3n) is 4.70. The van der Waals surface area contributed by atoms with Gasteiger partial charge in [-0.3, -0.25) is 19.6 Å². The molecule has 0 aliphatic heterocycles. The molecule has 144 valence electrons. The Labute approximate surface area is 156 Å². The molecule has 1 aromatic heterocycles. The first kappa shape index (κ1) is 18.7. The van der Waals surface area contributed by atoms with Crippen molar-refractivity contribution >= 4 is 11.6 Å². The highest BCUT2D eigenvalue weighted by molar-refractivity contribution is 5.99. The first-order valence-corrected chi connectivity index (χ1v) is 8.77. The molecule has 1 amide bonds. The monoisotopic (exact) mass is 374 g/mol. The SMILES string of the molecule is COc1cc(C(=O)NCCn2ncc3c2CCCC3)c([N+](=O)[O-])cc1OC. The van der Waals surface area contributed by atoms with Gasteiger partial charge >= 0.3 is 0 Å². The summed E-state index contributed by atoms with van der Waals surface area (Å²) in [4.78, 5) is 23.2. The van der Waals surface area contributed by atoms with Crippen molar-refractivity contribution in [3.8, 4) is 11.5 Å². The second kappa shape index (κ2) is 8.07. The minimum atomic E-state index is -0.610. The fourth-order valence-corrected chi connectivity index (χ4v) is 3.32. The Kier molecular flexibility index (Phi) is 5.58. The van der Waals surface area contributed by atoms with E-state index >= 15 is 0 Å². The van der Waals surface area contributed by atoms with Crippen LogP contribution in [0.15, 0.2) is 18.3 Å². The van der Waals surface area contributed by atoms with E-state index in [4.69, 9.17) is 9.47 Å². The Hall–Kier alpha value is -3.10. The molecule has 1 aromatic carbocycles. The number of nitrogens with zero attached hydrogens (tertiary/aromatic N) is 3. The van der Waals surface area contributed by atoms with Gasteiger partial charge in [-0.15, -0.1) is 0 Å². The normalized spacial score (nSPS) is 13.0. The fourth-order valence-electron chi connectivity index (χ4n) is 3.32. The molecule has 1 aliphatic carbocycles. The molecule has 27 heavy (non-hydrogen) atoms. The van der Waals surface area contributed by atoms with E-state index < -0.39 is 10.8 Å². The number of hydrogen-bond acceptors (Lipinski definition) is 6. The Morgan fingerprint density at radius 2 is 1.96 bits per heavy atom. The zero-order chi connectivity index (χ0) is 19.4. The number of nitro benzene ring substituents is 1. The first-order chi connectivity index (χ1) is 13.0. The summed E-state index contributed by atoms with van der Waals surface area (Å²) < 4.78 is 12.1. The summed E-state index contributed by atoms with van der Waals surface area (Å²) in [5.74, 6) is -0.0815. The number of rotatable bonds is 7. The van der Waals surface area contributed by atoms with Crippen LogP contribution in [0, 0.1) is 10.1 Å². The van der Waals surface area contributed by atoms with Crippen molar-refractivity contribution in [3.63, 3.8) is 0 Å². The first-order valence-electron chi connectivity index (χ1n) is 8.77. The van der Waals surface area contributed by atoms with Crippen LogP contribution in [0.3, 0.4) is 0 Å². The molecule has 2 aromatic rings. The number of carbonyl (C=O) groups is 1. The minimum absolute atomic E-state index is 0.0693. The molecule has 0 unspecified atom stereocenters. The van der Waals surface area contributed by atoms with Crippen LogP contribution < -0.4 is 14.8 Å². The molecular formula is C18H22N4O5. The van der Waals surface area contributed by atoms with Crippen LogP contribution in [-0.2, 0) is 19.4 Å². The van der Waals surface area contributed by atoms with Gasteiger partial charge in [0.25, 0.3) is 11.6 Å². The van der Waals surface area contributed by atoms with E-state index in [1.165, 1.54) is 44.0 Å². The average molecular weight is 374 g/mol. The largest absolute Gasteiger partial charge is 0.493 e. The van der Waals surface area contributed by atoms with Gasteiger partial charge < -0.3 is 14.8 Å². The topological polar surface area (TPSA) is 109 Å². The number of fused-ring (bicyclic) bond motifs is 1. The molecule has 0 saturated carbocycles. The molecule has 0 radical (unpaired) electrons. The minimum Gasteiger partial charge on any atom is -0.493 e. The van der Waals surface area contributed by atoms with E-state index in [-0.39, 0.29) is 22.7 Å². The lowest BCUT2D eigenvalue weighted by Gasteiger charge is -2.14. The summed E-state index contributed by atoms with van der Waals surface area (Å²) in [7, 11) is 2.79. The van der Waals surface area contributed by atoms with Gasteiger partial charge in [0.15, 0.2) is 11.5 Å². The van der Waals surface area contributed by atoms with Crippen LogP contribution in [0.4, 0.5) is 5.69 Å². The van der Waals surface area contributed by atoms with Crippen molar-refractivity contribution in [2.45, 2.75) is 32.2 Å². The van der Waals surface area contributed by atoms with Crippen LogP contribution in [0.5, 0.6) is 11.5 Å². The molecule has 0 bridgehead atoms. The highest BCUT2D eigenvalue weighted by Crippen LogP contribution is 2.34. The molecule has 9 heteroatoms. The number of amides is 1. The van der Waals surface area contributed by atoms with Crippen molar-refractivity contribution in [3.05, 3.63) is 45.3 Å². The predicted molar refractivity (Wildman–Crippen MR) is 97.4 cm³/mol. The Morgan fingerprint density at radius 1 is 1.26 bits per heavy atom. The smallest absolute Gasteiger partial charge is 0.286 e. The van der Waals surface area contributed by atoms with Gasteiger partial charge in [0.1, 0.15) is 5.56 Å². The number of hydrogen-bond donors (Lipinski definition) is 1. The lowest BCUT2D eigenvalue weighted by atomic mass is 9.98. The van der Waals surface area contributed by atoms with Gasteiger partial charge in [-0.25, -0.2) is 0 Å². The average Bonchev–Trinajstić information content (AvgIpc) is 3.09. The van der Waals surface area contributed by atoms with Crippen LogP contribution in [0.2, 0.25) is 0 Å². The van der Waals surface area contributed by atoms with E-state index in [0.717, 1.165) is 19.3 Å². The highest BCUT2D eigenvalue weighted by atomic mass is 16.6. The number of aryl methyl sites for hydroxylation is 1. The van der Waals surface area contributed by atoms with Crippen LogP contribution in [0.25, 0.3) is 0 Å². The number of methoxy groups -OCH3 is 2. The van der Waals surface area contributed by atoms with Crippen molar-refractivity contribution in [1.29, 1.82) is 0 Å². The standard InChI is InChI=1S/C18H22N4O5/c1-26-16-9-13(15(22(24)25)10-17(16)27-2)18(23)19-7-8-21-14-6-4-3-5-12(14)11-20-21/h9-11H,3-8H2,1-2H3,(H,19,23). The van der Waals surface area contributed by atoms with Gasteiger partial charge in [0.2, 0.25) is 0 Å². The fraction of sp³-hybridized carbons (Fsp3) is 0.444. The Balaban J connectivity index is 1.72. The quantitative estimate of drug-likeness (QED) is 0.587. The third-order valence-corrected chi connectivity index (χ3v) is 4.70. The van der Waals surface area contributed by atoms with Gasteiger partial charge in [0.05, 0.1) is 38.0 Å². The molecule has 9 nitrogen and oxygen atoms in total. The van der Waals surface area contributed by atoms with Gasteiger partial charge in [0, 0.05) is 18.3 Å². The zero-order valence-electron chi connectivity index (χ0n) is 15.4. The molecule has 1 N–H and O–H groups in total. The van der Waals surface area contributed by atoms with Crippen molar-refractivity contribution in [1.82, 2.24) is 15.1 Å². The Bertz CT molecular complexity index is 862. The zero-order valence-corrected chi connectivity index (χ0v) is 15.4. The summed E-state index contributed by atoms with van der Waals surface area (Å²) in [5, 5.41) is 18.4. The van der Waals surface area contributed by atoms with E-state index in [2.05, 4.69) is 10.4 Å². The third kappa shape index (κ3) is 3.86. The van der Waals surface area contributed by atoms with Gasteiger partial charge in [-0.1, -0.05) is 0 Å². The van der Waals surface area contributed by atoms with E-state index in [0.29, 0.717) is 13.1 Å². The highest BCUT2D eigenvalue weighted by Gasteiger charge is 2.24. The summed E-state index contributed by atoms with van der Waals surface area (Å²) in [6, 6.07) is 2.51. The molecule has 0 spiro atoms. The number of nitrogens with one attached hydrogen (secondary N) is 1. The maximum atomic E-state index is 12.5. The summed E-state index contributed by atoms with van der Waals surface area (Å²) in [5.41, 5.74) is 2.08. The summed E-state index contributed by atoms with van der Waals surface area (Å²) in [6.07, 6.45) is 6.24. The Morgan fingerprint density at radius 3 is 2.67 bits per heavy atom. The summed E-state index contributed by atoms with van der Waals surface area (Å²) >= 11 is 0. The van der Waals surface area contributed by atoms with E-state index in [9.17, 15) is 14.9 Å². The number of ether oxygens (including phenoxy) is 2. The maximum absolute atomic E-state index is 12.5. The molecule has 0 atom stereocenters. The van der Waals surface area contributed by atoms with Crippen molar-refractivity contribution in [2.75, 3.05) is 20.8 Å². The van der Waals surface area contributed by atoms with Crippen LogP contribution >= 0.6 is 0 Å². The lowest BCUT2D eigenvalue weighted by Crippen LogP contribution is -2.28. The van der Waals surface area contributed by atoms with Gasteiger partial charge in [-0.05, 0) is 31.2 Å². The lowest BCUT2D eigenvalue weighted by molar-refractivity contribution is -0.385. The second-order valence-electron chi connectivity index (χ2n) is 6.28. The number of aromatic nitrogens is 2. The molecule has 0 saturated heterocycles. The van der Waals surface area contributed by atoms with Crippen LogP contribution in [0.1, 0.15) is 34.5 Å². The molecular weight excluding hydrogens is 352 g/mol. The van der Waals surface area contributed by atoms with Crippen molar-refractivity contribution in [2.24, 2.45) is 0 Å². The molecule has 1 aliphatic rings.